The molecular weight excluding hydrogens is 523 g/mol. The Bertz CT molecular complexity index is 1460. The lowest BCUT2D eigenvalue weighted by molar-refractivity contribution is -0.135. The number of aromatic nitrogens is 1. The van der Waals surface area contributed by atoms with Crippen LogP contribution >= 0.6 is 35.0 Å². The number of rotatable bonds is 6. The number of nitrogens with zero attached hydrogens (tertiary/aromatic N) is 1. The lowest BCUT2D eigenvalue weighted by Crippen LogP contribution is -2.42. The lowest BCUT2D eigenvalue weighted by atomic mass is 10.1. The fraction of sp³-hybridized carbons (Fsp3) is 0.192. The predicted octanol–water partition coefficient (Wildman–Crippen LogP) is 4.18. The fourth-order valence-corrected chi connectivity index (χ4v) is 5.31. The number of hydrogen-bond donors (Lipinski definition) is 1. The summed E-state index contributed by atoms with van der Waals surface area (Å²) in [6.45, 7) is 3.54. The van der Waals surface area contributed by atoms with Crippen LogP contribution in [0.15, 0.2) is 48.5 Å². The first-order chi connectivity index (χ1) is 17.3. The van der Waals surface area contributed by atoms with Crippen molar-refractivity contribution in [1.82, 2.24) is 4.57 Å². The minimum Gasteiger partial charge on any atom is -0.462 e. The standard InChI is InChI=1S/C26H22Cl2N2O5S/c1-3-34-25(32)21-19(29)18(13-14-5-9-16(27)10-6-14)20-23(26(33)35-4-2)36-22(24(31)30(20)21)15-7-11-17(28)12-8-15/h5-13,22H,3-4,29H2,1-2H3/b18-13+. The molecule has 2 heterocycles. The molecule has 36 heavy (non-hydrogen) atoms. The van der Waals surface area contributed by atoms with Gasteiger partial charge in [-0.3, -0.25) is 9.36 Å². The molecule has 7 nitrogen and oxygen atoms in total. The number of fused-ring (bicyclic) bond motifs is 1. The number of carbonyl (C=O) groups is 3. The summed E-state index contributed by atoms with van der Waals surface area (Å²) >= 11 is 13.1. The van der Waals surface area contributed by atoms with Crippen LogP contribution in [0.5, 0.6) is 0 Å². The number of nitrogens with two attached hydrogens (primary N) is 1. The Hall–Kier alpha value is -3.20. The molecule has 3 aromatic rings. The van der Waals surface area contributed by atoms with Gasteiger partial charge >= 0.3 is 11.9 Å². The summed E-state index contributed by atoms with van der Waals surface area (Å²) in [5.74, 6) is -1.85. The van der Waals surface area contributed by atoms with E-state index in [-0.39, 0.29) is 34.8 Å². The van der Waals surface area contributed by atoms with E-state index < -0.39 is 23.1 Å². The van der Waals surface area contributed by atoms with Gasteiger partial charge in [0.1, 0.15) is 10.2 Å². The molecule has 1 aliphatic rings. The van der Waals surface area contributed by atoms with Gasteiger partial charge in [-0.2, -0.15) is 0 Å². The van der Waals surface area contributed by atoms with Gasteiger partial charge in [0.2, 0.25) is 5.91 Å². The summed E-state index contributed by atoms with van der Waals surface area (Å²) in [6.07, 6.45) is 1.69. The SMILES string of the molecule is CCOC(=O)C1=c2/c(=C/c3ccc(Cl)cc3)c(N)c(C(=O)OCC)n2C(=O)C(c2ccc(Cl)cc2)S1. The number of hydrogen-bond acceptors (Lipinski definition) is 7. The molecule has 1 aromatic heterocycles. The van der Waals surface area contributed by atoms with Crippen molar-refractivity contribution in [1.29, 1.82) is 0 Å². The summed E-state index contributed by atoms with van der Waals surface area (Å²) in [6, 6.07) is 13.6. The molecule has 1 aliphatic heterocycles. The number of thioether (sulfide) groups is 1. The van der Waals surface area contributed by atoms with E-state index in [1.165, 1.54) is 4.57 Å². The summed E-state index contributed by atoms with van der Waals surface area (Å²) in [4.78, 5) is 40.2. The molecule has 1 unspecified atom stereocenters. The monoisotopic (exact) mass is 544 g/mol. The highest BCUT2D eigenvalue weighted by atomic mass is 35.5. The zero-order valence-electron chi connectivity index (χ0n) is 19.4. The smallest absolute Gasteiger partial charge is 0.357 e. The summed E-state index contributed by atoms with van der Waals surface area (Å²) in [5.41, 5.74) is 7.66. The van der Waals surface area contributed by atoms with Crippen LogP contribution < -0.4 is 16.3 Å². The van der Waals surface area contributed by atoms with Crippen LogP contribution in [0, 0.1) is 0 Å². The molecule has 0 radical (unpaired) electrons. The van der Waals surface area contributed by atoms with Crippen molar-refractivity contribution in [2.75, 3.05) is 18.9 Å². The third kappa shape index (κ3) is 4.89. The molecule has 4 rings (SSSR count). The van der Waals surface area contributed by atoms with Gasteiger partial charge < -0.3 is 15.2 Å². The number of anilines is 1. The third-order valence-electron chi connectivity index (χ3n) is 5.43. The van der Waals surface area contributed by atoms with E-state index in [1.807, 2.05) is 0 Å². The van der Waals surface area contributed by atoms with E-state index in [4.69, 9.17) is 38.4 Å². The summed E-state index contributed by atoms with van der Waals surface area (Å²) in [7, 11) is 0. The first-order valence-electron chi connectivity index (χ1n) is 11.1. The second-order valence-corrected chi connectivity index (χ2v) is 9.70. The van der Waals surface area contributed by atoms with Crippen molar-refractivity contribution < 1.29 is 23.9 Å². The van der Waals surface area contributed by atoms with Gasteiger partial charge in [0.15, 0.2) is 5.69 Å². The zero-order chi connectivity index (χ0) is 26.0. The van der Waals surface area contributed by atoms with E-state index in [2.05, 4.69) is 0 Å². The van der Waals surface area contributed by atoms with Gasteiger partial charge in [-0.15, -0.1) is 0 Å². The maximum Gasteiger partial charge on any atom is 0.357 e. The largest absolute Gasteiger partial charge is 0.462 e. The maximum atomic E-state index is 13.9. The van der Waals surface area contributed by atoms with Gasteiger partial charge in [0.25, 0.3) is 0 Å². The van der Waals surface area contributed by atoms with Gasteiger partial charge in [0.05, 0.1) is 24.3 Å². The van der Waals surface area contributed by atoms with Crippen molar-refractivity contribution in [3.63, 3.8) is 0 Å². The molecule has 2 N–H and O–H groups in total. The van der Waals surface area contributed by atoms with Crippen LogP contribution in [0.2, 0.25) is 10.0 Å². The van der Waals surface area contributed by atoms with E-state index in [0.717, 1.165) is 11.8 Å². The van der Waals surface area contributed by atoms with E-state index in [9.17, 15) is 14.4 Å². The number of ether oxygens (including phenoxy) is 2. The first-order valence-corrected chi connectivity index (χ1v) is 12.7. The average molecular weight is 545 g/mol. The van der Waals surface area contributed by atoms with Gasteiger partial charge in [-0.1, -0.05) is 59.2 Å². The van der Waals surface area contributed by atoms with Crippen molar-refractivity contribution in [3.8, 4) is 0 Å². The Balaban J connectivity index is 2.08. The predicted molar refractivity (Wildman–Crippen MR) is 142 cm³/mol. The molecule has 1 atom stereocenters. The van der Waals surface area contributed by atoms with Crippen molar-refractivity contribution in [2.45, 2.75) is 19.1 Å². The number of carbonyl (C=O) groups excluding carboxylic acids is 3. The molecule has 0 fully saturated rings. The van der Waals surface area contributed by atoms with Crippen LogP contribution in [0.25, 0.3) is 11.0 Å². The highest BCUT2D eigenvalue weighted by Gasteiger charge is 2.38. The van der Waals surface area contributed by atoms with Crippen LogP contribution in [0.4, 0.5) is 5.69 Å². The van der Waals surface area contributed by atoms with E-state index in [1.54, 1.807) is 68.5 Å². The first kappa shape index (κ1) is 25.9. The fourth-order valence-electron chi connectivity index (χ4n) is 3.86. The topological polar surface area (TPSA) is 101 Å². The average Bonchev–Trinajstić information content (AvgIpc) is 3.14. The Kier molecular flexibility index (Phi) is 7.78. The Morgan fingerprint density at radius 1 is 0.972 bits per heavy atom. The minimum atomic E-state index is -0.850. The van der Waals surface area contributed by atoms with E-state index in [0.29, 0.717) is 26.4 Å². The van der Waals surface area contributed by atoms with Crippen LogP contribution in [0.1, 0.15) is 45.5 Å². The lowest BCUT2D eigenvalue weighted by Gasteiger charge is -2.23. The van der Waals surface area contributed by atoms with E-state index >= 15 is 0 Å². The molecule has 0 spiro atoms. The molecule has 0 bridgehead atoms. The minimum absolute atomic E-state index is 0.0194. The molecule has 2 aromatic carbocycles. The Labute approximate surface area is 221 Å². The number of esters is 2. The maximum absolute atomic E-state index is 13.9. The van der Waals surface area contributed by atoms with Crippen LogP contribution in [-0.2, 0) is 14.3 Å². The van der Waals surface area contributed by atoms with Crippen LogP contribution in [0.3, 0.4) is 0 Å². The third-order valence-corrected chi connectivity index (χ3v) is 7.24. The van der Waals surface area contributed by atoms with Gasteiger partial charge in [-0.25, -0.2) is 9.59 Å². The molecule has 0 saturated carbocycles. The van der Waals surface area contributed by atoms with Crippen molar-refractivity contribution in [2.24, 2.45) is 0 Å². The molecule has 0 saturated heterocycles. The number of nitrogen functional groups attached to an aromatic ring is 1. The van der Waals surface area contributed by atoms with Crippen molar-refractivity contribution >= 4 is 69.5 Å². The Morgan fingerprint density at radius 2 is 1.53 bits per heavy atom. The van der Waals surface area contributed by atoms with Crippen LogP contribution in [-0.4, -0.2) is 35.6 Å². The zero-order valence-corrected chi connectivity index (χ0v) is 21.7. The van der Waals surface area contributed by atoms with Gasteiger partial charge in [0, 0.05) is 15.3 Å². The summed E-state index contributed by atoms with van der Waals surface area (Å²) in [5, 5.41) is 0.710. The highest BCUT2D eigenvalue weighted by Crippen LogP contribution is 2.40. The molecule has 186 valence electrons. The molecule has 10 heteroatoms. The number of benzene rings is 2. The number of halogens is 2. The quantitative estimate of drug-likeness (QED) is 0.464. The highest BCUT2D eigenvalue weighted by molar-refractivity contribution is 8.10. The molecular formula is C26H22Cl2N2O5S. The van der Waals surface area contributed by atoms with Gasteiger partial charge in [-0.05, 0) is 55.3 Å². The molecule has 0 amide bonds. The Morgan fingerprint density at radius 3 is 2.11 bits per heavy atom. The normalized spacial score (nSPS) is 15.6. The second kappa shape index (κ2) is 10.8. The van der Waals surface area contributed by atoms with Crippen molar-refractivity contribution in [3.05, 3.63) is 86.0 Å². The molecule has 0 aliphatic carbocycles. The second-order valence-electron chi connectivity index (χ2n) is 7.71. The summed E-state index contributed by atoms with van der Waals surface area (Å²) < 4.78 is 11.7.